The number of benzene rings is 2. The van der Waals surface area contributed by atoms with E-state index in [1.807, 2.05) is 43.5 Å². The molecule has 0 saturated carbocycles. The van der Waals surface area contributed by atoms with Crippen LogP contribution in [0.2, 0.25) is 0 Å². The van der Waals surface area contributed by atoms with E-state index in [1.54, 1.807) is 0 Å². The van der Waals surface area contributed by atoms with Gasteiger partial charge in [0.1, 0.15) is 6.61 Å². The Labute approximate surface area is 190 Å². The van der Waals surface area contributed by atoms with Gasteiger partial charge in [-0.05, 0) is 43.7 Å². The minimum absolute atomic E-state index is 0.0114. The number of ether oxygens (including phenoxy) is 1. The molecule has 7 nitrogen and oxygen atoms in total. The van der Waals surface area contributed by atoms with Crippen molar-refractivity contribution in [1.82, 2.24) is 9.88 Å². The standard InChI is InChI=1S/C24H23N3O4S/c1-3-4-11-27-21(28)19-10-7-16(12-20(19)22(27)29)23(30)31-13-18-14-32-24(26-18)25-17-8-5-15(2)6-9-17/h5-10,12,14H,3-4,11,13H2,1-2H3,(H,25,26). The number of unbranched alkanes of at least 4 members (excludes halogenated alkanes) is 1. The highest BCUT2D eigenvalue weighted by molar-refractivity contribution is 7.13. The quantitative estimate of drug-likeness (QED) is 0.387. The van der Waals surface area contributed by atoms with Crippen LogP contribution in [0.5, 0.6) is 0 Å². The Bertz CT molecular complexity index is 1170. The van der Waals surface area contributed by atoms with E-state index < -0.39 is 5.97 Å². The molecule has 0 spiro atoms. The van der Waals surface area contributed by atoms with Gasteiger partial charge in [0.25, 0.3) is 11.8 Å². The Morgan fingerprint density at radius 1 is 1.09 bits per heavy atom. The van der Waals surface area contributed by atoms with Crippen molar-refractivity contribution in [1.29, 1.82) is 0 Å². The lowest BCUT2D eigenvalue weighted by Crippen LogP contribution is -2.30. The summed E-state index contributed by atoms with van der Waals surface area (Å²) in [4.78, 5) is 43.2. The van der Waals surface area contributed by atoms with Crippen LogP contribution in [0.3, 0.4) is 0 Å². The van der Waals surface area contributed by atoms with Gasteiger partial charge in [-0.25, -0.2) is 9.78 Å². The normalized spacial score (nSPS) is 12.8. The van der Waals surface area contributed by atoms with Crippen molar-refractivity contribution in [3.05, 3.63) is 75.8 Å². The van der Waals surface area contributed by atoms with E-state index >= 15 is 0 Å². The first-order valence-electron chi connectivity index (χ1n) is 10.4. The predicted octanol–water partition coefficient (Wildman–Crippen LogP) is 4.95. The Morgan fingerprint density at radius 3 is 2.59 bits per heavy atom. The number of carbonyl (C=O) groups is 3. The zero-order chi connectivity index (χ0) is 22.7. The summed E-state index contributed by atoms with van der Waals surface area (Å²) < 4.78 is 5.37. The number of fused-ring (bicyclic) bond motifs is 1. The monoisotopic (exact) mass is 449 g/mol. The lowest BCUT2D eigenvalue weighted by Gasteiger charge is -2.12. The number of nitrogens with zero attached hydrogens (tertiary/aromatic N) is 2. The van der Waals surface area contributed by atoms with Gasteiger partial charge in [0, 0.05) is 17.6 Å². The van der Waals surface area contributed by atoms with Gasteiger partial charge in [0.2, 0.25) is 0 Å². The van der Waals surface area contributed by atoms with Gasteiger partial charge in [0.15, 0.2) is 5.13 Å². The van der Waals surface area contributed by atoms with Crippen LogP contribution in [0.4, 0.5) is 10.8 Å². The summed E-state index contributed by atoms with van der Waals surface area (Å²) in [6.45, 7) is 4.41. The maximum absolute atomic E-state index is 12.6. The fraction of sp³-hybridized carbons (Fsp3) is 0.250. The van der Waals surface area contributed by atoms with Crippen molar-refractivity contribution in [3.8, 4) is 0 Å². The molecule has 2 aromatic carbocycles. The molecule has 32 heavy (non-hydrogen) atoms. The molecule has 0 aliphatic carbocycles. The molecule has 8 heteroatoms. The molecule has 1 aliphatic rings. The van der Waals surface area contributed by atoms with Gasteiger partial charge in [-0.1, -0.05) is 31.0 Å². The number of carbonyl (C=O) groups excluding carboxylic acids is 3. The lowest BCUT2D eigenvalue weighted by atomic mass is 10.1. The van der Waals surface area contributed by atoms with Crippen molar-refractivity contribution in [3.63, 3.8) is 0 Å². The first kappa shape index (κ1) is 21.7. The van der Waals surface area contributed by atoms with Crippen LogP contribution in [0, 0.1) is 6.92 Å². The van der Waals surface area contributed by atoms with Crippen LogP contribution in [0.15, 0.2) is 47.8 Å². The molecule has 0 atom stereocenters. The van der Waals surface area contributed by atoms with E-state index in [1.165, 1.54) is 40.0 Å². The van der Waals surface area contributed by atoms with E-state index in [-0.39, 0.29) is 29.5 Å². The summed E-state index contributed by atoms with van der Waals surface area (Å²) in [5.41, 5.74) is 3.53. The third-order valence-electron chi connectivity index (χ3n) is 5.15. The van der Waals surface area contributed by atoms with Crippen molar-refractivity contribution in [2.75, 3.05) is 11.9 Å². The summed E-state index contributed by atoms with van der Waals surface area (Å²) in [5.74, 6) is -1.24. The fourth-order valence-electron chi connectivity index (χ4n) is 3.35. The molecular weight excluding hydrogens is 426 g/mol. The van der Waals surface area contributed by atoms with E-state index in [2.05, 4.69) is 10.3 Å². The second kappa shape index (κ2) is 9.32. The highest BCUT2D eigenvalue weighted by Gasteiger charge is 2.35. The number of aryl methyl sites for hydroxylation is 1. The number of hydrogen-bond acceptors (Lipinski definition) is 7. The maximum Gasteiger partial charge on any atom is 0.338 e. The molecule has 1 aliphatic heterocycles. The molecule has 2 amide bonds. The molecule has 164 valence electrons. The number of esters is 1. The third-order valence-corrected chi connectivity index (χ3v) is 5.95. The van der Waals surface area contributed by atoms with Gasteiger partial charge in [0.05, 0.1) is 22.4 Å². The smallest absolute Gasteiger partial charge is 0.338 e. The van der Waals surface area contributed by atoms with Crippen LogP contribution in [-0.4, -0.2) is 34.2 Å². The predicted molar refractivity (Wildman–Crippen MR) is 122 cm³/mol. The number of aromatic nitrogens is 1. The summed E-state index contributed by atoms with van der Waals surface area (Å²) >= 11 is 1.42. The molecule has 0 bridgehead atoms. The van der Waals surface area contributed by atoms with Crippen molar-refractivity contribution in [2.24, 2.45) is 0 Å². The molecule has 4 rings (SSSR count). The van der Waals surface area contributed by atoms with E-state index in [9.17, 15) is 14.4 Å². The summed E-state index contributed by atoms with van der Waals surface area (Å²) in [7, 11) is 0. The third kappa shape index (κ3) is 4.55. The zero-order valence-corrected chi connectivity index (χ0v) is 18.7. The first-order chi connectivity index (χ1) is 15.5. The Kier molecular flexibility index (Phi) is 6.32. The van der Waals surface area contributed by atoms with Gasteiger partial charge in [-0.15, -0.1) is 11.3 Å². The maximum atomic E-state index is 12.6. The van der Waals surface area contributed by atoms with Crippen LogP contribution in [0.25, 0.3) is 0 Å². The van der Waals surface area contributed by atoms with Crippen LogP contribution >= 0.6 is 11.3 Å². The van der Waals surface area contributed by atoms with Crippen molar-refractivity contribution >= 4 is 39.9 Å². The van der Waals surface area contributed by atoms with Crippen LogP contribution < -0.4 is 5.32 Å². The first-order valence-corrected chi connectivity index (χ1v) is 11.3. The molecule has 0 unspecified atom stereocenters. The number of amides is 2. The van der Waals surface area contributed by atoms with Gasteiger partial charge in [-0.2, -0.15) is 0 Å². The van der Waals surface area contributed by atoms with E-state index in [0.29, 0.717) is 22.9 Å². The molecule has 3 aromatic rings. The highest BCUT2D eigenvalue weighted by atomic mass is 32.1. The fourth-order valence-corrected chi connectivity index (χ4v) is 4.07. The molecular formula is C24H23N3O4S. The second-order valence-corrected chi connectivity index (χ2v) is 8.45. The van der Waals surface area contributed by atoms with E-state index in [0.717, 1.165) is 18.5 Å². The zero-order valence-electron chi connectivity index (χ0n) is 17.9. The molecule has 1 aromatic heterocycles. The number of anilines is 2. The molecule has 0 radical (unpaired) electrons. The van der Waals surface area contributed by atoms with Gasteiger partial charge in [-0.3, -0.25) is 14.5 Å². The average molecular weight is 450 g/mol. The Hall–Kier alpha value is -3.52. The number of hydrogen-bond donors (Lipinski definition) is 1. The Morgan fingerprint density at radius 2 is 1.84 bits per heavy atom. The van der Waals surface area contributed by atoms with Gasteiger partial charge < -0.3 is 10.1 Å². The second-order valence-electron chi connectivity index (χ2n) is 7.59. The molecule has 0 saturated heterocycles. The lowest BCUT2D eigenvalue weighted by molar-refractivity contribution is 0.0468. The Balaban J connectivity index is 1.38. The van der Waals surface area contributed by atoms with Crippen molar-refractivity contribution < 1.29 is 19.1 Å². The largest absolute Gasteiger partial charge is 0.456 e. The number of rotatable bonds is 8. The minimum Gasteiger partial charge on any atom is -0.456 e. The highest BCUT2D eigenvalue weighted by Crippen LogP contribution is 2.25. The molecule has 2 heterocycles. The van der Waals surface area contributed by atoms with Crippen LogP contribution in [0.1, 0.15) is 62.1 Å². The van der Waals surface area contributed by atoms with Crippen molar-refractivity contribution in [2.45, 2.75) is 33.3 Å². The summed E-state index contributed by atoms with van der Waals surface area (Å²) in [6, 6.07) is 12.4. The summed E-state index contributed by atoms with van der Waals surface area (Å²) in [6.07, 6.45) is 1.62. The number of thiazole rings is 1. The minimum atomic E-state index is -0.568. The van der Waals surface area contributed by atoms with Crippen LogP contribution in [-0.2, 0) is 11.3 Å². The number of nitrogens with one attached hydrogen (secondary N) is 1. The summed E-state index contributed by atoms with van der Waals surface area (Å²) in [5, 5.41) is 5.74. The SMILES string of the molecule is CCCCN1C(=O)c2ccc(C(=O)OCc3csc(Nc4ccc(C)cc4)n3)cc2C1=O. The van der Waals surface area contributed by atoms with Gasteiger partial charge >= 0.3 is 5.97 Å². The topological polar surface area (TPSA) is 88.6 Å². The average Bonchev–Trinajstić information content (AvgIpc) is 3.34. The molecule has 1 N–H and O–H groups in total. The van der Waals surface area contributed by atoms with E-state index in [4.69, 9.17) is 4.74 Å². The number of imide groups is 1. The molecule has 0 fully saturated rings.